The van der Waals surface area contributed by atoms with Crippen LogP contribution in [-0.4, -0.2) is 39.3 Å². The minimum atomic E-state index is -0.798. The number of unbranched alkanes of at least 4 members (excludes halogenated alkanes) is 3. The van der Waals surface area contributed by atoms with Crippen molar-refractivity contribution in [2.75, 3.05) is 0 Å². The van der Waals surface area contributed by atoms with Crippen molar-refractivity contribution >= 4 is 11.8 Å². The number of aliphatic hydroxyl groups excluding tert-OH is 2. The number of ketones is 1. The van der Waals surface area contributed by atoms with Gasteiger partial charge in [-0.2, -0.15) is 0 Å². The van der Waals surface area contributed by atoms with Gasteiger partial charge in [0.15, 0.2) is 0 Å². The van der Waals surface area contributed by atoms with Gasteiger partial charge in [-0.3, -0.25) is 9.59 Å². The average Bonchev–Trinajstić information content (AvgIpc) is 2.82. The molecule has 142 valence electrons. The quantitative estimate of drug-likeness (QED) is 0.370. The number of carboxylic acid groups (broad SMARTS) is 1. The summed E-state index contributed by atoms with van der Waals surface area (Å²) in [5, 5.41) is 28.6. The van der Waals surface area contributed by atoms with Crippen molar-refractivity contribution in [1.82, 2.24) is 0 Å². The van der Waals surface area contributed by atoms with Crippen molar-refractivity contribution in [3.63, 3.8) is 0 Å². The summed E-state index contributed by atoms with van der Waals surface area (Å²) in [6, 6.07) is 0. The summed E-state index contributed by atoms with van der Waals surface area (Å²) in [5.41, 5.74) is 0. The molecule has 0 saturated heterocycles. The van der Waals surface area contributed by atoms with E-state index in [-0.39, 0.29) is 30.5 Å². The molecule has 0 radical (unpaired) electrons. The van der Waals surface area contributed by atoms with Crippen LogP contribution in [0.25, 0.3) is 0 Å². The molecule has 0 aliphatic heterocycles. The lowest BCUT2D eigenvalue weighted by molar-refractivity contribution is -0.137. The highest BCUT2D eigenvalue weighted by atomic mass is 16.4. The van der Waals surface area contributed by atoms with Crippen molar-refractivity contribution in [3.05, 3.63) is 24.3 Å². The standard InChI is InChI=1S/C20H32O5/c1-2-3-6-10-16-17(19(23)14-18(16)22)13-12-15(21)9-7-4-5-8-11-20(24)25/h4,7,12-13,15-18,21-22H,2-3,5-6,8-11,14H2,1H3,(H,24,25)/b7-4-,13-12+/t15-,16+,17+,18-/m0/s1. The summed E-state index contributed by atoms with van der Waals surface area (Å²) in [4.78, 5) is 22.5. The van der Waals surface area contributed by atoms with E-state index in [2.05, 4.69) is 6.92 Å². The summed E-state index contributed by atoms with van der Waals surface area (Å²) < 4.78 is 0. The Morgan fingerprint density at radius 1 is 1.28 bits per heavy atom. The van der Waals surface area contributed by atoms with Crippen LogP contribution in [0.1, 0.15) is 64.7 Å². The van der Waals surface area contributed by atoms with E-state index < -0.39 is 18.2 Å². The van der Waals surface area contributed by atoms with Gasteiger partial charge in [0.25, 0.3) is 0 Å². The molecule has 4 atom stereocenters. The molecule has 0 aromatic carbocycles. The van der Waals surface area contributed by atoms with Crippen molar-refractivity contribution in [2.24, 2.45) is 11.8 Å². The number of carbonyl (C=O) groups is 2. The van der Waals surface area contributed by atoms with Gasteiger partial charge in [-0.05, 0) is 31.6 Å². The first-order chi connectivity index (χ1) is 12.0. The third-order valence-corrected chi connectivity index (χ3v) is 4.72. The second-order valence-corrected chi connectivity index (χ2v) is 6.87. The lowest BCUT2D eigenvalue weighted by Gasteiger charge is -2.18. The Bertz CT molecular complexity index is 469. The van der Waals surface area contributed by atoms with E-state index in [1.807, 2.05) is 12.2 Å². The summed E-state index contributed by atoms with van der Waals surface area (Å²) in [7, 11) is 0. The number of rotatable bonds is 12. The summed E-state index contributed by atoms with van der Waals surface area (Å²) in [6.07, 6.45) is 12.0. The molecule has 0 spiro atoms. The monoisotopic (exact) mass is 352 g/mol. The molecule has 1 aliphatic rings. The molecule has 0 aromatic heterocycles. The molecule has 5 nitrogen and oxygen atoms in total. The third kappa shape index (κ3) is 8.45. The van der Waals surface area contributed by atoms with Crippen LogP contribution in [0.2, 0.25) is 0 Å². The van der Waals surface area contributed by atoms with E-state index in [4.69, 9.17) is 5.11 Å². The Morgan fingerprint density at radius 3 is 2.72 bits per heavy atom. The fraction of sp³-hybridized carbons (Fsp3) is 0.700. The highest BCUT2D eigenvalue weighted by Gasteiger charge is 2.39. The molecule has 1 fully saturated rings. The van der Waals surface area contributed by atoms with Crippen molar-refractivity contribution in [2.45, 2.75) is 76.9 Å². The van der Waals surface area contributed by atoms with Gasteiger partial charge in [-0.25, -0.2) is 0 Å². The predicted molar refractivity (Wildman–Crippen MR) is 97.1 cm³/mol. The van der Waals surface area contributed by atoms with Gasteiger partial charge in [0, 0.05) is 18.8 Å². The topological polar surface area (TPSA) is 94.8 Å². The molecule has 0 bridgehead atoms. The third-order valence-electron chi connectivity index (χ3n) is 4.72. The number of allylic oxidation sites excluding steroid dienone is 2. The molecule has 0 unspecified atom stereocenters. The molecule has 1 aliphatic carbocycles. The summed E-state index contributed by atoms with van der Waals surface area (Å²) in [6.45, 7) is 2.12. The normalized spacial score (nSPS) is 25.2. The summed E-state index contributed by atoms with van der Waals surface area (Å²) >= 11 is 0. The molecule has 5 heteroatoms. The number of aliphatic carboxylic acids is 1. The van der Waals surface area contributed by atoms with Crippen LogP contribution in [0.4, 0.5) is 0 Å². The van der Waals surface area contributed by atoms with E-state index in [9.17, 15) is 19.8 Å². The van der Waals surface area contributed by atoms with Crippen LogP contribution in [-0.2, 0) is 9.59 Å². The largest absolute Gasteiger partial charge is 0.481 e. The van der Waals surface area contributed by atoms with Crippen LogP contribution in [0.5, 0.6) is 0 Å². The van der Waals surface area contributed by atoms with Gasteiger partial charge >= 0.3 is 5.97 Å². The molecule has 3 N–H and O–H groups in total. The Hall–Kier alpha value is -1.46. The first kappa shape index (κ1) is 21.6. The molecule has 0 aromatic rings. The number of Topliss-reactive ketones (excluding diaryl/α,β-unsaturated/α-hetero) is 1. The lowest BCUT2D eigenvalue weighted by atomic mass is 9.88. The van der Waals surface area contributed by atoms with Crippen LogP contribution >= 0.6 is 0 Å². The maximum Gasteiger partial charge on any atom is 0.303 e. The Balaban J connectivity index is 2.41. The number of hydrogen-bond acceptors (Lipinski definition) is 4. The van der Waals surface area contributed by atoms with Gasteiger partial charge in [0.1, 0.15) is 5.78 Å². The number of aliphatic hydroxyl groups is 2. The van der Waals surface area contributed by atoms with Gasteiger partial charge in [0.05, 0.1) is 12.2 Å². The summed E-state index contributed by atoms with van der Waals surface area (Å²) in [5.74, 6) is -1.06. The maximum atomic E-state index is 12.1. The predicted octanol–water partition coefficient (Wildman–Crippen LogP) is 3.25. The Kier molecular flexibility index (Phi) is 10.3. The second kappa shape index (κ2) is 12.0. The van der Waals surface area contributed by atoms with Crippen LogP contribution in [0.15, 0.2) is 24.3 Å². The van der Waals surface area contributed by atoms with E-state index in [1.54, 1.807) is 12.2 Å². The zero-order chi connectivity index (χ0) is 18.7. The zero-order valence-electron chi connectivity index (χ0n) is 15.1. The average molecular weight is 352 g/mol. The van der Waals surface area contributed by atoms with Gasteiger partial charge in [-0.1, -0.05) is 50.5 Å². The molecular formula is C20H32O5. The Labute approximate surface area is 150 Å². The van der Waals surface area contributed by atoms with Crippen LogP contribution in [0.3, 0.4) is 0 Å². The number of carboxylic acids is 1. The van der Waals surface area contributed by atoms with E-state index >= 15 is 0 Å². The lowest BCUT2D eigenvalue weighted by Crippen LogP contribution is -2.19. The van der Waals surface area contributed by atoms with Crippen molar-refractivity contribution in [3.8, 4) is 0 Å². The van der Waals surface area contributed by atoms with Crippen LogP contribution in [0, 0.1) is 11.8 Å². The zero-order valence-corrected chi connectivity index (χ0v) is 15.1. The van der Waals surface area contributed by atoms with Crippen molar-refractivity contribution in [1.29, 1.82) is 0 Å². The Morgan fingerprint density at radius 2 is 2.04 bits per heavy atom. The van der Waals surface area contributed by atoms with E-state index in [0.717, 1.165) is 25.7 Å². The first-order valence-corrected chi connectivity index (χ1v) is 9.39. The van der Waals surface area contributed by atoms with E-state index in [1.165, 1.54) is 0 Å². The molecule has 0 heterocycles. The fourth-order valence-corrected chi connectivity index (χ4v) is 3.27. The van der Waals surface area contributed by atoms with E-state index in [0.29, 0.717) is 19.3 Å². The number of carbonyl (C=O) groups excluding carboxylic acids is 1. The smallest absolute Gasteiger partial charge is 0.303 e. The molecule has 0 amide bonds. The van der Waals surface area contributed by atoms with Gasteiger partial charge in [-0.15, -0.1) is 0 Å². The first-order valence-electron chi connectivity index (χ1n) is 9.39. The maximum absolute atomic E-state index is 12.1. The molecule has 1 rings (SSSR count). The van der Waals surface area contributed by atoms with Gasteiger partial charge < -0.3 is 15.3 Å². The molecular weight excluding hydrogens is 320 g/mol. The SMILES string of the molecule is CCCCC[C@H]1[C@@H](O)CC(=O)[C@@H]1/C=C/[C@@H](O)C/C=C\CCCC(=O)O. The van der Waals surface area contributed by atoms with Gasteiger partial charge in [0.2, 0.25) is 0 Å². The second-order valence-electron chi connectivity index (χ2n) is 6.87. The molecule has 25 heavy (non-hydrogen) atoms. The fourth-order valence-electron chi connectivity index (χ4n) is 3.27. The minimum Gasteiger partial charge on any atom is -0.481 e. The molecule has 1 saturated carbocycles. The minimum absolute atomic E-state index is 0.0333. The number of hydrogen-bond donors (Lipinski definition) is 3. The highest BCUT2D eigenvalue weighted by molar-refractivity contribution is 5.85. The van der Waals surface area contributed by atoms with Crippen molar-refractivity contribution < 1.29 is 24.9 Å². The highest BCUT2D eigenvalue weighted by Crippen LogP contribution is 2.34. The van der Waals surface area contributed by atoms with Crippen LogP contribution < -0.4 is 0 Å².